The minimum absolute atomic E-state index is 0. The molecule has 19 nitrogen and oxygen atoms in total. The average Bonchev–Trinajstić information content (AvgIpc) is 2.52. The fourth-order valence-electron chi connectivity index (χ4n) is 0. The number of carbonyl (C=O) groups is 8. The second kappa shape index (κ2) is 76.6. The van der Waals surface area contributed by atoms with Crippen molar-refractivity contribution >= 4 is 47.8 Å². The van der Waals surface area contributed by atoms with Gasteiger partial charge in [0.1, 0.15) is 0 Å². The van der Waals surface area contributed by atoms with Crippen molar-refractivity contribution in [1.82, 2.24) is 0 Å². The molecule has 0 aromatic rings. The number of carboxylic acid groups (broad SMARTS) is 8. The topological polar surface area (TPSA) is 410 Å². The van der Waals surface area contributed by atoms with Crippen molar-refractivity contribution in [1.29, 1.82) is 0 Å². The Balaban J connectivity index is -0.0000000177. The van der Waals surface area contributed by atoms with Gasteiger partial charge in [0, 0.05) is 48.7 Å². The molecule has 0 aliphatic heterocycles. The maximum atomic E-state index is 9.37. The normalized spacial score (nSPS) is 5.74. The van der Waals surface area contributed by atoms with Crippen LogP contribution in [0.2, 0.25) is 0 Å². The van der Waals surface area contributed by atoms with Gasteiger partial charge in [-0.05, 0) is 41.5 Å². The molecule has 0 saturated carbocycles. The fraction of sp³-hybridized carbons (Fsp3) is 0.556. The maximum absolute atomic E-state index is 9.37. The monoisotopic (exact) mass is 834 g/mol. The number of rotatable bonds is 2. The smallest absolute Gasteiger partial charge is 0.550 e. The van der Waals surface area contributed by atoms with Crippen LogP contribution in [0, 0.1) is 71.2 Å². The van der Waals surface area contributed by atoms with E-state index in [4.69, 9.17) is 69.6 Å². The molecule has 0 aromatic heterocycles. The Morgan fingerprint density at radius 2 is 0.436 bits per heavy atom. The summed E-state index contributed by atoms with van der Waals surface area (Å²) in [5, 5.41) is 68.8. The summed E-state index contributed by atoms with van der Waals surface area (Å²) in [5.41, 5.74) is 0. The van der Waals surface area contributed by atoms with Gasteiger partial charge in [-0.3, -0.25) is 9.59 Å². The van der Waals surface area contributed by atoms with Crippen LogP contribution in [-0.2, 0) is 38.4 Å². The summed E-state index contributed by atoms with van der Waals surface area (Å²) in [6.45, 7) is 9.03. The van der Waals surface area contributed by atoms with E-state index in [1.807, 2.05) is 0 Å². The number of carboxylic acids is 8. The molecule has 0 heterocycles. The third kappa shape index (κ3) is 10100. The van der Waals surface area contributed by atoms with Crippen LogP contribution >= 0.6 is 0 Å². The van der Waals surface area contributed by atoms with Gasteiger partial charge >= 0.3 is 83.1 Å². The van der Waals surface area contributed by atoms with Crippen molar-refractivity contribution in [2.45, 2.75) is 68.2 Å². The Bertz CT molecular complexity index is 450. The molecule has 0 aliphatic rings. The average molecular weight is 834 g/mol. The first kappa shape index (κ1) is 83.2. The second-order valence-electron chi connectivity index (χ2n) is 4.44. The minimum Gasteiger partial charge on any atom is -0.550 e. The molecule has 8 N–H and O–H groups in total. The van der Waals surface area contributed by atoms with Crippen molar-refractivity contribution in [2.24, 2.45) is 0 Å². The number of carbonyl (C=O) groups excluding carboxylic acids is 6. The minimum atomic E-state index is -1.08. The molecule has 0 saturated heterocycles. The van der Waals surface area contributed by atoms with Gasteiger partial charge in [-0.25, -0.2) is 0 Å². The first-order chi connectivity index (χ1) is 14.9. The molecule has 0 atom stereocenters. The molecule has 0 bridgehead atoms. The van der Waals surface area contributed by atoms with Crippen molar-refractivity contribution in [3.05, 3.63) is 0 Å². The van der Waals surface area contributed by atoms with E-state index in [-0.39, 0.29) is 100 Å². The van der Waals surface area contributed by atoms with E-state index in [1.54, 1.807) is 13.8 Å². The van der Waals surface area contributed by atoms with Crippen LogP contribution in [0.4, 0.5) is 0 Å². The van der Waals surface area contributed by atoms with Crippen molar-refractivity contribution < 1.29 is 167 Å². The van der Waals surface area contributed by atoms with Crippen LogP contribution in [0.15, 0.2) is 0 Å². The molecule has 0 unspecified atom stereocenters. The van der Waals surface area contributed by atoms with Crippen molar-refractivity contribution in [3.8, 4) is 0 Å². The Morgan fingerprint density at radius 1 is 0.410 bits per heavy atom. The van der Waals surface area contributed by atoms with E-state index in [0.29, 0.717) is 0 Å². The van der Waals surface area contributed by atoms with Gasteiger partial charge in [0.05, 0.1) is 0 Å². The van der Waals surface area contributed by atoms with Gasteiger partial charge in [0.25, 0.3) is 0 Å². The zero-order valence-electron chi connectivity index (χ0n) is 22.7. The summed E-state index contributed by atoms with van der Waals surface area (Å²) in [5.74, 6) is -7.99. The summed E-state index contributed by atoms with van der Waals surface area (Å²) >= 11 is 0. The SMILES string of the molecule is CC(=O)[O-].CC(=O)[O-].CC(=O)[O-].CC(=O)[O-].CC(=O)[O-].CC(=O)[O-].CCC(=O)O.CCC(=O)O.O.O.O.[La+3].[La+3]. The molecule has 0 fully saturated rings. The third-order valence-corrected chi connectivity index (χ3v) is 0.605. The molecule has 0 radical (unpaired) electrons. The summed E-state index contributed by atoms with van der Waals surface area (Å²) < 4.78 is 0. The number of hydrogen-bond donors (Lipinski definition) is 2. The number of hydrogen-bond acceptors (Lipinski definition) is 14. The predicted molar refractivity (Wildman–Crippen MR) is 111 cm³/mol. The van der Waals surface area contributed by atoms with Crippen LogP contribution in [-0.4, -0.2) is 74.4 Å². The van der Waals surface area contributed by atoms with E-state index < -0.39 is 47.8 Å². The van der Waals surface area contributed by atoms with Crippen LogP contribution in [0.5, 0.6) is 0 Å². The van der Waals surface area contributed by atoms with Crippen LogP contribution in [0.3, 0.4) is 0 Å². The molecule has 228 valence electrons. The molecule has 21 heteroatoms. The molecule has 39 heavy (non-hydrogen) atoms. The van der Waals surface area contributed by atoms with Crippen LogP contribution in [0.1, 0.15) is 68.2 Å². The molecular weight excluding hydrogens is 798 g/mol. The van der Waals surface area contributed by atoms with E-state index in [9.17, 15) is 9.59 Å². The van der Waals surface area contributed by atoms with Crippen molar-refractivity contribution in [2.75, 3.05) is 0 Å². The van der Waals surface area contributed by atoms with E-state index >= 15 is 0 Å². The van der Waals surface area contributed by atoms with Gasteiger partial charge in [-0.15, -0.1) is 0 Å². The van der Waals surface area contributed by atoms with Gasteiger partial charge < -0.3 is 86.0 Å². The molecule has 0 spiro atoms. The van der Waals surface area contributed by atoms with E-state index in [0.717, 1.165) is 41.5 Å². The largest absolute Gasteiger partial charge is 3.00 e. The Labute approximate surface area is 280 Å². The molecule has 0 aliphatic carbocycles. The second-order valence-corrected chi connectivity index (χ2v) is 4.44. The van der Waals surface area contributed by atoms with Crippen LogP contribution < -0.4 is 30.6 Å². The van der Waals surface area contributed by atoms with Gasteiger partial charge in [-0.1, -0.05) is 13.8 Å². The number of aliphatic carboxylic acids is 8. The zero-order valence-corrected chi connectivity index (χ0v) is 29.9. The summed E-state index contributed by atoms with van der Waals surface area (Å²) in [4.78, 5) is 72.1. The molecule has 0 aromatic carbocycles. The zero-order chi connectivity index (χ0) is 30.0. The Hall–Kier alpha value is -1.97. The summed E-state index contributed by atoms with van der Waals surface area (Å²) in [6, 6.07) is 0. The van der Waals surface area contributed by atoms with E-state index in [1.165, 1.54) is 0 Å². The molecule has 0 rings (SSSR count). The fourth-order valence-corrected chi connectivity index (χ4v) is 0. The first-order valence-electron chi connectivity index (χ1n) is 8.43. The quantitative estimate of drug-likeness (QED) is 0.261. The summed E-state index contributed by atoms with van der Waals surface area (Å²) in [7, 11) is 0. The van der Waals surface area contributed by atoms with Gasteiger partial charge in [0.15, 0.2) is 0 Å². The maximum Gasteiger partial charge on any atom is 3.00 e. The first-order valence-corrected chi connectivity index (χ1v) is 8.43. The third-order valence-electron chi connectivity index (χ3n) is 0.605. The standard InChI is InChI=1S/2C3H6O2.6C2H4O2.2La.3H2O/c2*1-2-3(4)5;6*1-2(3)4;;;;;/h2*2H2,1H3,(H,4,5);6*1H3,(H,3,4);;;3*1H2/q;;;;;;;;2*+3;;;/p-6. The van der Waals surface area contributed by atoms with Crippen molar-refractivity contribution in [3.63, 3.8) is 0 Å². The van der Waals surface area contributed by atoms with Crippen LogP contribution in [0.25, 0.3) is 0 Å². The summed E-state index contributed by atoms with van der Waals surface area (Å²) in [6.07, 6.45) is 0.444. The predicted octanol–water partition coefficient (Wildman–Crippen LogP) is -8.97. The van der Waals surface area contributed by atoms with Gasteiger partial charge in [0.2, 0.25) is 0 Å². The molecular formula is C18H36La2O19. The Morgan fingerprint density at radius 3 is 0.436 bits per heavy atom. The Kier molecular flexibility index (Phi) is 163. The van der Waals surface area contributed by atoms with Gasteiger partial charge in [-0.2, -0.15) is 0 Å². The molecule has 0 amide bonds. The van der Waals surface area contributed by atoms with E-state index in [2.05, 4.69) is 0 Å².